The molecule has 1 rings (SSSR count). The molecule has 3 nitrogen and oxygen atoms in total. The monoisotopic (exact) mass is 304 g/mol. The molecule has 0 aliphatic heterocycles. The molecule has 96 valence electrons. The number of hydrogen-bond donors (Lipinski definition) is 2. The number of hydrogen-bond acceptors (Lipinski definition) is 3. The highest BCUT2D eigenvalue weighted by molar-refractivity contribution is 9.10. The normalized spacial score (nSPS) is 14.6. The van der Waals surface area contributed by atoms with Gasteiger partial charge in [-0.3, -0.25) is 11.3 Å². The van der Waals surface area contributed by atoms with Gasteiger partial charge < -0.3 is 4.74 Å². The molecule has 0 heterocycles. The summed E-state index contributed by atoms with van der Waals surface area (Å²) in [7, 11) is 0. The molecule has 17 heavy (non-hydrogen) atoms. The first kappa shape index (κ1) is 14.6. The quantitative estimate of drug-likeness (QED) is 0.627. The van der Waals surface area contributed by atoms with Gasteiger partial charge in [-0.05, 0) is 38.0 Å². The van der Waals surface area contributed by atoms with E-state index >= 15 is 0 Å². The molecule has 0 aliphatic carbocycles. The van der Waals surface area contributed by atoms with Crippen LogP contribution in [0.15, 0.2) is 22.7 Å². The van der Waals surface area contributed by atoms with Crippen molar-refractivity contribution in [3.8, 4) is 0 Å². The van der Waals surface area contributed by atoms with E-state index in [0.717, 1.165) is 4.47 Å². The topological polar surface area (TPSA) is 47.3 Å². The van der Waals surface area contributed by atoms with Crippen molar-refractivity contribution in [1.29, 1.82) is 0 Å². The summed E-state index contributed by atoms with van der Waals surface area (Å²) in [6, 6.07) is 4.92. The summed E-state index contributed by atoms with van der Waals surface area (Å²) >= 11 is 3.23. The molecule has 1 aromatic rings. The predicted octanol–water partition coefficient (Wildman–Crippen LogP) is 2.39. The van der Waals surface area contributed by atoms with Gasteiger partial charge in [0, 0.05) is 11.1 Å². The Morgan fingerprint density at radius 1 is 1.53 bits per heavy atom. The Morgan fingerprint density at radius 3 is 2.76 bits per heavy atom. The Hall–Kier alpha value is -0.490. The van der Waals surface area contributed by atoms with E-state index < -0.39 is 0 Å². The lowest BCUT2D eigenvalue weighted by Crippen LogP contribution is -2.45. The average molecular weight is 305 g/mol. The molecule has 0 spiro atoms. The molecule has 2 atom stereocenters. The Balaban J connectivity index is 2.73. The number of halogens is 2. The number of hydrazine groups is 1. The fraction of sp³-hybridized carbons (Fsp3) is 0.500. The fourth-order valence-corrected chi connectivity index (χ4v) is 2.00. The van der Waals surface area contributed by atoms with Gasteiger partial charge in [-0.15, -0.1) is 0 Å². The summed E-state index contributed by atoms with van der Waals surface area (Å²) in [6.45, 7) is 4.46. The lowest BCUT2D eigenvalue weighted by molar-refractivity contribution is 0.0474. The van der Waals surface area contributed by atoms with Crippen LogP contribution in [0.4, 0.5) is 4.39 Å². The van der Waals surface area contributed by atoms with Crippen molar-refractivity contribution in [3.05, 3.63) is 34.1 Å². The number of nitrogens with one attached hydrogen (secondary N) is 1. The van der Waals surface area contributed by atoms with Crippen molar-refractivity contribution in [2.45, 2.75) is 32.4 Å². The van der Waals surface area contributed by atoms with Crippen LogP contribution in [-0.2, 0) is 11.2 Å². The third-order valence-corrected chi connectivity index (χ3v) is 3.16. The summed E-state index contributed by atoms with van der Waals surface area (Å²) in [4.78, 5) is 0. The predicted molar refractivity (Wildman–Crippen MR) is 70.0 cm³/mol. The van der Waals surface area contributed by atoms with Crippen LogP contribution < -0.4 is 11.3 Å². The molecule has 0 radical (unpaired) electrons. The smallest absolute Gasteiger partial charge is 0.127 e. The molecule has 0 aliphatic rings. The van der Waals surface area contributed by atoms with Gasteiger partial charge in [0.15, 0.2) is 0 Å². The highest BCUT2D eigenvalue weighted by Gasteiger charge is 2.18. The zero-order chi connectivity index (χ0) is 12.8. The van der Waals surface area contributed by atoms with Gasteiger partial charge >= 0.3 is 0 Å². The van der Waals surface area contributed by atoms with E-state index in [4.69, 9.17) is 10.6 Å². The van der Waals surface area contributed by atoms with E-state index in [1.807, 2.05) is 19.9 Å². The molecular formula is C12H18BrFN2O. The average Bonchev–Trinajstić information content (AvgIpc) is 2.28. The zero-order valence-corrected chi connectivity index (χ0v) is 11.6. The van der Waals surface area contributed by atoms with E-state index in [1.54, 1.807) is 6.07 Å². The standard InChI is InChI=1S/C12H18BrFN2O/c1-3-17-8(2)12(16-15)6-9-4-5-10(13)7-11(9)14/h4-5,7-8,12,16H,3,6,15H2,1-2H3. The van der Waals surface area contributed by atoms with Crippen molar-refractivity contribution in [3.63, 3.8) is 0 Å². The lowest BCUT2D eigenvalue weighted by atomic mass is 10.0. The lowest BCUT2D eigenvalue weighted by Gasteiger charge is -2.23. The Bertz CT molecular complexity index is 362. The van der Waals surface area contributed by atoms with Crippen LogP contribution in [0, 0.1) is 5.82 Å². The number of rotatable bonds is 6. The van der Waals surface area contributed by atoms with Crippen LogP contribution in [0.1, 0.15) is 19.4 Å². The van der Waals surface area contributed by atoms with Gasteiger partial charge in [-0.2, -0.15) is 0 Å². The number of nitrogens with two attached hydrogens (primary N) is 1. The molecule has 0 bridgehead atoms. The Labute approximate surface area is 110 Å². The molecule has 3 N–H and O–H groups in total. The van der Waals surface area contributed by atoms with E-state index in [1.165, 1.54) is 6.07 Å². The van der Waals surface area contributed by atoms with Crippen LogP contribution in [-0.4, -0.2) is 18.8 Å². The first-order valence-electron chi connectivity index (χ1n) is 5.60. The van der Waals surface area contributed by atoms with Gasteiger partial charge in [-0.25, -0.2) is 4.39 Å². The van der Waals surface area contributed by atoms with E-state index in [2.05, 4.69) is 21.4 Å². The van der Waals surface area contributed by atoms with Gasteiger partial charge in [0.2, 0.25) is 0 Å². The maximum absolute atomic E-state index is 13.7. The second-order valence-electron chi connectivity index (χ2n) is 3.87. The molecule has 0 fully saturated rings. The molecule has 5 heteroatoms. The first-order valence-corrected chi connectivity index (χ1v) is 6.39. The fourth-order valence-electron chi connectivity index (χ4n) is 1.66. The van der Waals surface area contributed by atoms with Crippen LogP contribution in [0.3, 0.4) is 0 Å². The van der Waals surface area contributed by atoms with Gasteiger partial charge in [-0.1, -0.05) is 22.0 Å². The van der Waals surface area contributed by atoms with Crippen LogP contribution in [0.5, 0.6) is 0 Å². The zero-order valence-electron chi connectivity index (χ0n) is 10.0. The van der Waals surface area contributed by atoms with Crippen molar-refractivity contribution in [1.82, 2.24) is 5.43 Å². The summed E-state index contributed by atoms with van der Waals surface area (Å²) in [5.41, 5.74) is 3.30. The van der Waals surface area contributed by atoms with Crippen molar-refractivity contribution in [2.75, 3.05) is 6.61 Å². The first-order chi connectivity index (χ1) is 8.08. The molecule has 2 unspecified atom stereocenters. The molecule has 0 saturated heterocycles. The summed E-state index contributed by atoms with van der Waals surface area (Å²) in [5, 5.41) is 0. The van der Waals surface area contributed by atoms with Gasteiger partial charge in [0.05, 0.1) is 12.1 Å². The third kappa shape index (κ3) is 4.35. The second-order valence-corrected chi connectivity index (χ2v) is 4.79. The van der Waals surface area contributed by atoms with Crippen LogP contribution >= 0.6 is 15.9 Å². The minimum atomic E-state index is -0.233. The molecule has 1 aromatic carbocycles. The highest BCUT2D eigenvalue weighted by Crippen LogP contribution is 2.17. The largest absolute Gasteiger partial charge is 0.377 e. The van der Waals surface area contributed by atoms with Crippen molar-refractivity contribution >= 4 is 15.9 Å². The Morgan fingerprint density at radius 2 is 2.24 bits per heavy atom. The Kier molecular flexibility index (Phi) is 6.05. The van der Waals surface area contributed by atoms with E-state index in [9.17, 15) is 4.39 Å². The van der Waals surface area contributed by atoms with Crippen LogP contribution in [0.2, 0.25) is 0 Å². The molecule has 0 amide bonds. The van der Waals surface area contributed by atoms with Crippen LogP contribution in [0.25, 0.3) is 0 Å². The number of ether oxygens (including phenoxy) is 1. The summed E-state index contributed by atoms with van der Waals surface area (Å²) < 4.78 is 19.8. The summed E-state index contributed by atoms with van der Waals surface area (Å²) in [5.74, 6) is 5.24. The van der Waals surface area contributed by atoms with Gasteiger partial charge in [0.1, 0.15) is 5.82 Å². The second kappa shape index (κ2) is 7.06. The SMILES string of the molecule is CCOC(C)C(Cc1ccc(Br)cc1F)NN. The maximum Gasteiger partial charge on any atom is 0.127 e. The van der Waals surface area contributed by atoms with E-state index in [0.29, 0.717) is 18.6 Å². The minimum absolute atomic E-state index is 0.0620. The third-order valence-electron chi connectivity index (χ3n) is 2.67. The van der Waals surface area contributed by atoms with E-state index in [-0.39, 0.29) is 18.0 Å². The van der Waals surface area contributed by atoms with Crippen molar-refractivity contribution in [2.24, 2.45) is 5.84 Å². The highest BCUT2D eigenvalue weighted by atomic mass is 79.9. The summed E-state index contributed by atoms with van der Waals surface area (Å²) in [6.07, 6.45) is 0.435. The minimum Gasteiger partial charge on any atom is -0.377 e. The maximum atomic E-state index is 13.7. The molecule has 0 saturated carbocycles. The molecule has 0 aromatic heterocycles. The number of benzene rings is 1. The molecular weight excluding hydrogens is 287 g/mol. The van der Waals surface area contributed by atoms with Gasteiger partial charge in [0.25, 0.3) is 0 Å². The van der Waals surface area contributed by atoms with Crippen molar-refractivity contribution < 1.29 is 9.13 Å².